The van der Waals surface area contributed by atoms with Gasteiger partial charge in [0.1, 0.15) is 11.6 Å². The lowest BCUT2D eigenvalue weighted by atomic mass is 10.0. The van der Waals surface area contributed by atoms with Crippen molar-refractivity contribution in [2.75, 3.05) is 6.61 Å². The maximum atomic E-state index is 14.5. The fourth-order valence-corrected chi connectivity index (χ4v) is 3.17. The smallest absolute Gasteiger partial charge is 0.268 e. The Morgan fingerprint density at radius 1 is 1.15 bits per heavy atom. The third-order valence-corrected chi connectivity index (χ3v) is 5.15. The first-order valence-corrected chi connectivity index (χ1v) is 11.1. The van der Waals surface area contributed by atoms with E-state index in [9.17, 15) is 14.0 Å². The summed E-state index contributed by atoms with van der Waals surface area (Å²) in [6.45, 7) is 6.94. The van der Waals surface area contributed by atoms with Gasteiger partial charge in [-0.25, -0.2) is 4.39 Å². The Morgan fingerprint density at radius 3 is 2.44 bits per heavy atom. The SMILES string of the molecule is CC[C@@H](Oc1ccc(C(=O)C(C)C)cc1)c1nc(-c2ccc(C(=O)N[C@H](C)CO)c(F)c2)no1. The predicted molar refractivity (Wildman–Crippen MR) is 123 cm³/mol. The van der Waals surface area contributed by atoms with Crippen LogP contribution in [0.15, 0.2) is 47.0 Å². The van der Waals surface area contributed by atoms with Gasteiger partial charge < -0.3 is 19.7 Å². The molecular formula is C25H28FN3O5. The molecule has 1 amide bonds. The van der Waals surface area contributed by atoms with Crippen molar-refractivity contribution in [2.45, 2.75) is 46.3 Å². The average Bonchev–Trinajstić information content (AvgIpc) is 3.32. The van der Waals surface area contributed by atoms with Crippen LogP contribution >= 0.6 is 0 Å². The van der Waals surface area contributed by atoms with E-state index in [0.29, 0.717) is 23.3 Å². The molecular weight excluding hydrogens is 441 g/mol. The second kappa shape index (κ2) is 11.0. The summed E-state index contributed by atoms with van der Waals surface area (Å²) in [5.41, 5.74) is 0.799. The predicted octanol–water partition coefficient (Wildman–Crippen LogP) is 4.36. The van der Waals surface area contributed by atoms with Crippen molar-refractivity contribution in [3.8, 4) is 17.1 Å². The molecule has 2 atom stereocenters. The van der Waals surface area contributed by atoms with Crippen molar-refractivity contribution in [2.24, 2.45) is 5.92 Å². The zero-order chi connectivity index (χ0) is 24.8. The van der Waals surface area contributed by atoms with Crippen LogP contribution in [-0.4, -0.2) is 39.6 Å². The number of carbonyl (C=O) groups is 2. The van der Waals surface area contributed by atoms with Gasteiger partial charge >= 0.3 is 0 Å². The standard InChI is InChI=1S/C25H28FN3O5/c1-5-21(33-18-9-6-16(7-10-18)22(31)14(2)3)25-28-23(29-34-25)17-8-11-19(20(26)12-17)24(32)27-15(4)13-30/h6-12,14-15,21,30H,5,13H2,1-4H3,(H,27,32)/t15-,21-/m1/s1. The topological polar surface area (TPSA) is 115 Å². The van der Waals surface area contributed by atoms with Crippen LogP contribution < -0.4 is 10.1 Å². The lowest BCUT2D eigenvalue weighted by molar-refractivity contribution is 0.0916. The molecule has 0 radical (unpaired) electrons. The molecule has 1 aromatic heterocycles. The van der Waals surface area contributed by atoms with E-state index >= 15 is 0 Å². The van der Waals surface area contributed by atoms with Crippen molar-refractivity contribution >= 4 is 11.7 Å². The Balaban J connectivity index is 1.73. The number of aliphatic hydroxyl groups excluding tert-OH is 1. The van der Waals surface area contributed by atoms with Gasteiger partial charge in [0.05, 0.1) is 12.2 Å². The van der Waals surface area contributed by atoms with E-state index in [4.69, 9.17) is 14.4 Å². The molecule has 34 heavy (non-hydrogen) atoms. The molecule has 1 heterocycles. The monoisotopic (exact) mass is 469 g/mol. The van der Waals surface area contributed by atoms with Gasteiger partial charge in [-0.3, -0.25) is 9.59 Å². The number of aromatic nitrogens is 2. The van der Waals surface area contributed by atoms with E-state index in [-0.39, 0.29) is 35.6 Å². The quantitative estimate of drug-likeness (QED) is 0.424. The second-order valence-corrected chi connectivity index (χ2v) is 8.27. The summed E-state index contributed by atoms with van der Waals surface area (Å²) in [4.78, 5) is 28.6. The van der Waals surface area contributed by atoms with Gasteiger partial charge in [0.25, 0.3) is 11.8 Å². The molecule has 0 spiro atoms. The summed E-state index contributed by atoms with van der Waals surface area (Å²) in [6, 6.07) is 10.4. The Kier molecular flexibility index (Phi) is 8.12. The number of rotatable bonds is 10. The lowest BCUT2D eigenvalue weighted by Gasteiger charge is -2.14. The zero-order valence-corrected chi connectivity index (χ0v) is 19.5. The highest BCUT2D eigenvalue weighted by Gasteiger charge is 2.22. The van der Waals surface area contributed by atoms with Crippen LogP contribution in [0.2, 0.25) is 0 Å². The molecule has 3 aromatic rings. The molecule has 0 aliphatic carbocycles. The third-order valence-electron chi connectivity index (χ3n) is 5.15. The van der Waals surface area contributed by atoms with Crippen molar-refractivity contribution in [3.05, 3.63) is 65.3 Å². The van der Waals surface area contributed by atoms with Crippen LogP contribution in [0.4, 0.5) is 4.39 Å². The fraction of sp³-hybridized carbons (Fsp3) is 0.360. The molecule has 8 nitrogen and oxygen atoms in total. The zero-order valence-electron chi connectivity index (χ0n) is 19.5. The minimum atomic E-state index is -0.745. The maximum Gasteiger partial charge on any atom is 0.268 e. The first-order chi connectivity index (χ1) is 16.2. The fourth-order valence-electron chi connectivity index (χ4n) is 3.17. The number of benzene rings is 2. The molecule has 0 unspecified atom stereocenters. The average molecular weight is 470 g/mol. The Hall–Kier alpha value is -3.59. The molecule has 0 saturated heterocycles. The molecule has 180 valence electrons. The maximum absolute atomic E-state index is 14.5. The molecule has 0 aliphatic rings. The Morgan fingerprint density at radius 2 is 1.85 bits per heavy atom. The number of Topliss-reactive ketones (excluding diaryl/α,β-unsaturated/α-hetero) is 1. The van der Waals surface area contributed by atoms with Crippen molar-refractivity contribution in [1.82, 2.24) is 15.5 Å². The van der Waals surface area contributed by atoms with Gasteiger partial charge in [-0.05, 0) is 49.7 Å². The Labute approximate surface area is 197 Å². The Bertz CT molecular complexity index is 1140. The molecule has 0 bridgehead atoms. The first-order valence-electron chi connectivity index (χ1n) is 11.1. The summed E-state index contributed by atoms with van der Waals surface area (Å²) in [7, 11) is 0. The van der Waals surface area contributed by atoms with E-state index in [1.807, 2.05) is 20.8 Å². The number of hydrogen-bond acceptors (Lipinski definition) is 7. The lowest BCUT2D eigenvalue weighted by Crippen LogP contribution is -2.35. The molecule has 0 fully saturated rings. The van der Waals surface area contributed by atoms with Crippen LogP contribution in [0.3, 0.4) is 0 Å². The highest BCUT2D eigenvalue weighted by Crippen LogP contribution is 2.27. The van der Waals surface area contributed by atoms with Gasteiger partial charge in [-0.1, -0.05) is 32.0 Å². The third kappa shape index (κ3) is 5.85. The van der Waals surface area contributed by atoms with Crippen LogP contribution in [0, 0.1) is 11.7 Å². The minimum Gasteiger partial charge on any atom is -0.481 e. The van der Waals surface area contributed by atoms with E-state index < -0.39 is 23.9 Å². The van der Waals surface area contributed by atoms with E-state index in [0.717, 1.165) is 6.07 Å². The highest BCUT2D eigenvalue weighted by molar-refractivity contribution is 5.97. The first kappa shape index (κ1) is 25.0. The summed E-state index contributed by atoms with van der Waals surface area (Å²) in [5.74, 6) is -0.484. The number of nitrogens with one attached hydrogen (secondary N) is 1. The van der Waals surface area contributed by atoms with Gasteiger partial charge in [0.2, 0.25) is 5.82 Å². The number of carbonyl (C=O) groups excluding carboxylic acids is 2. The minimum absolute atomic E-state index is 0.0544. The van der Waals surface area contributed by atoms with Gasteiger partial charge in [-0.2, -0.15) is 4.98 Å². The van der Waals surface area contributed by atoms with E-state index in [1.54, 1.807) is 31.2 Å². The summed E-state index contributed by atoms with van der Waals surface area (Å²) in [5, 5.41) is 15.5. The molecule has 2 N–H and O–H groups in total. The summed E-state index contributed by atoms with van der Waals surface area (Å²) in [6.07, 6.45) is -0.00654. The van der Waals surface area contributed by atoms with E-state index in [2.05, 4.69) is 15.5 Å². The highest BCUT2D eigenvalue weighted by atomic mass is 19.1. The van der Waals surface area contributed by atoms with Crippen LogP contribution in [-0.2, 0) is 0 Å². The van der Waals surface area contributed by atoms with Crippen LogP contribution in [0.5, 0.6) is 5.75 Å². The van der Waals surface area contributed by atoms with Gasteiger partial charge in [-0.15, -0.1) is 0 Å². The number of ketones is 1. The molecule has 9 heteroatoms. The largest absolute Gasteiger partial charge is 0.481 e. The summed E-state index contributed by atoms with van der Waals surface area (Å²) < 4.78 is 25.9. The molecule has 2 aromatic carbocycles. The van der Waals surface area contributed by atoms with Crippen LogP contribution in [0.25, 0.3) is 11.4 Å². The number of aliphatic hydroxyl groups is 1. The number of nitrogens with zero attached hydrogens (tertiary/aromatic N) is 2. The molecule has 3 rings (SSSR count). The number of halogens is 1. The number of amides is 1. The normalized spacial score (nSPS) is 12.9. The van der Waals surface area contributed by atoms with Gasteiger partial charge in [0, 0.05) is 23.1 Å². The molecule has 0 saturated carbocycles. The van der Waals surface area contributed by atoms with Crippen molar-refractivity contribution < 1.29 is 28.3 Å². The summed E-state index contributed by atoms with van der Waals surface area (Å²) >= 11 is 0. The number of ether oxygens (including phenoxy) is 1. The van der Waals surface area contributed by atoms with Gasteiger partial charge in [0.15, 0.2) is 11.9 Å². The van der Waals surface area contributed by atoms with Crippen LogP contribution in [0.1, 0.15) is 66.8 Å². The van der Waals surface area contributed by atoms with E-state index in [1.165, 1.54) is 12.1 Å². The number of hydrogen-bond donors (Lipinski definition) is 2. The van der Waals surface area contributed by atoms with Crippen molar-refractivity contribution in [3.63, 3.8) is 0 Å². The molecule has 0 aliphatic heterocycles. The second-order valence-electron chi connectivity index (χ2n) is 8.27. The van der Waals surface area contributed by atoms with Crippen molar-refractivity contribution in [1.29, 1.82) is 0 Å².